The van der Waals surface area contributed by atoms with Crippen LogP contribution in [0.4, 0.5) is 0 Å². The van der Waals surface area contributed by atoms with Crippen LogP contribution in [0, 0.1) is 5.92 Å². The highest BCUT2D eigenvalue weighted by Gasteiger charge is 2.26. The van der Waals surface area contributed by atoms with Crippen molar-refractivity contribution in [1.29, 1.82) is 0 Å². The SMILES string of the molecule is CC(C)(CN)NS(=O)(=O)CC1CCCCC1.Cl. The van der Waals surface area contributed by atoms with E-state index >= 15 is 0 Å². The summed E-state index contributed by atoms with van der Waals surface area (Å²) < 4.78 is 26.5. The van der Waals surface area contributed by atoms with Gasteiger partial charge in [0, 0.05) is 12.1 Å². The maximum absolute atomic E-state index is 11.9. The number of halogens is 1. The molecule has 0 aromatic rings. The Morgan fingerprint density at radius 1 is 1.24 bits per heavy atom. The molecule has 0 bridgehead atoms. The normalized spacial score (nSPS) is 18.8. The number of hydrogen-bond donors (Lipinski definition) is 2. The summed E-state index contributed by atoms with van der Waals surface area (Å²) in [6.07, 6.45) is 5.67. The molecule has 0 aromatic carbocycles. The topological polar surface area (TPSA) is 72.2 Å². The zero-order valence-electron chi connectivity index (χ0n) is 10.7. The lowest BCUT2D eigenvalue weighted by Crippen LogP contribution is -2.50. The van der Waals surface area contributed by atoms with Gasteiger partial charge in [-0.2, -0.15) is 0 Å². The molecule has 104 valence electrons. The Hall–Kier alpha value is 0.160. The van der Waals surface area contributed by atoms with Gasteiger partial charge in [0.15, 0.2) is 0 Å². The first kappa shape index (κ1) is 17.2. The third kappa shape index (κ3) is 6.60. The number of rotatable bonds is 5. The van der Waals surface area contributed by atoms with Crippen molar-refractivity contribution < 1.29 is 8.42 Å². The Kier molecular flexibility index (Phi) is 6.99. The minimum Gasteiger partial charge on any atom is -0.329 e. The second-order valence-corrected chi connectivity index (χ2v) is 7.24. The van der Waals surface area contributed by atoms with Gasteiger partial charge in [0.2, 0.25) is 10.0 Å². The number of nitrogens with two attached hydrogens (primary N) is 1. The molecule has 1 rings (SSSR count). The summed E-state index contributed by atoms with van der Waals surface area (Å²) in [6, 6.07) is 0. The largest absolute Gasteiger partial charge is 0.329 e. The molecule has 1 aliphatic carbocycles. The summed E-state index contributed by atoms with van der Waals surface area (Å²) in [5, 5.41) is 0. The molecule has 0 unspecified atom stereocenters. The molecule has 1 saturated carbocycles. The van der Waals surface area contributed by atoms with Crippen LogP contribution < -0.4 is 10.5 Å². The third-order valence-electron chi connectivity index (χ3n) is 3.12. The Morgan fingerprint density at radius 3 is 2.24 bits per heavy atom. The molecule has 0 heterocycles. The van der Waals surface area contributed by atoms with Gasteiger partial charge >= 0.3 is 0 Å². The predicted octanol–water partition coefficient (Wildman–Crippen LogP) is 1.65. The first-order chi connectivity index (χ1) is 7.35. The molecule has 3 N–H and O–H groups in total. The molecular formula is C11H25ClN2O2S. The van der Waals surface area contributed by atoms with Crippen molar-refractivity contribution in [3.63, 3.8) is 0 Å². The van der Waals surface area contributed by atoms with Crippen LogP contribution in [0.3, 0.4) is 0 Å². The van der Waals surface area contributed by atoms with Gasteiger partial charge in [-0.25, -0.2) is 13.1 Å². The monoisotopic (exact) mass is 284 g/mol. The van der Waals surface area contributed by atoms with E-state index in [1.807, 2.05) is 13.8 Å². The van der Waals surface area contributed by atoms with Crippen molar-refractivity contribution in [1.82, 2.24) is 4.72 Å². The van der Waals surface area contributed by atoms with Gasteiger partial charge in [0.25, 0.3) is 0 Å². The number of sulfonamides is 1. The van der Waals surface area contributed by atoms with E-state index in [9.17, 15) is 8.42 Å². The summed E-state index contributed by atoms with van der Waals surface area (Å²) in [5.74, 6) is 0.594. The van der Waals surface area contributed by atoms with Crippen LogP contribution in [0.1, 0.15) is 46.0 Å². The van der Waals surface area contributed by atoms with Gasteiger partial charge in [0.1, 0.15) is 0 Å². The lowest BCUT2D eigenvalue weighted by molar-refractivity contribution is 0.380. The first-order valence-electron chi connectivity index (χ1n) is 6.06. The van der Waals surface area contributed by atoms with Crippen molar-refractivity contribution in [2.45, 2.75) is 51.5 Å². The van der Waals surface area contributed by atoms with Crippen LogP contribution in [0.15, 0.2) is 0 Å². The number of nitrogens with one attached hydrogen (secondary N) is 1. The van der Waals surface area contributed by atoms with Crippen molar-refractivity contribution in [3.8, 4) is 0 Å². The summed E-state index contributed by atoms with van der Waals surface area (Å²) in [6.45, 7) is 3.94. The lowest BCUT2D eigenvalue weighted by atomic mass is 9.91. The first-order valence-corrected chi connectivity index (χ1v) is 7.71. The van der Waals surface area contributed by atoms with E-state index < -0.39 is 15.6 Å². The Morgan fingerprint density at radius 2 is 1.76 bits per heavy atom. The molecule has 0 aromatic heterocycles. The van der Waals surface area contributed by atoms with Gasteiger partial charge in [0.05, 0.1) is 5.75 Å². The molecule has 17 heavy (non-hydrogen) atoms. The quantitative estimate of drug-likeness (QED) is 0.806. The Balaban J connectivity index is 0.00000256. The Labute approximate surface area is 111 Å². The van der Waals surface area contributed by atoms with E-state index in [-0.39, 0.29) is 18.2 Å². The molecule has 1 aliphatic rings. The van der Waals surface area contributed by atoms with Crippen LogP contribution in [-0.2, 0) is 10.0 Å². The van der Waals surface area contributed by atoms with Gasteiger partial charge in [-0.05, 0) is 32.6 Å². The van der Waals surface area contributed by atoms with Gasteiger partial charge in [-0.1, -0.05) is 19.3 Å². The zero-order chi connectivity index (χ0) is 12.2. The predicted molar refractivity (Wildman–Crippen MR) is 73.9 cm³/mol. The van der Waals surface area contributed by atoms with E-state index in [0.29, 0.717) is 12.5 Å². The fourth-order valence-corrected chi connectivity index (χ4v) is 4.13. The molecular weight excluding hydrogens is 260 g/mol. The minimum atomic E-state index is -3.18. The van der Waals surface area contributed by atoms with E-state index in [1.54, 1.807) is 0 Å². The number of hydrogen-bond acceptors (Lipinski definition) is 3. The standard InChI is InChI=1S/C11H24N2O2S.ClH/c1-11(2,9-12)13-16(14,15)8-10-6-4-3-5-7-10;/h10,13H,3-9,12H2,1-2H3;1H. The summed E-state index contributed by atoms with van der Waals surface area (Å²) in [5.41, 5.74) is 4.99. The highest BCUT2D eigenvalue weighted by atomic mass is 35.5. The van der Waals surface area contributed by atoms with E-state index in [1.165, 1.54) is 19.3 Å². The fraction of sp³-hybridized carbons (Fsp3) is 1.00. The molecule has 0 spiro atoms. The smallest absolute Gasteiger partial charge is 0.212 e. The molecule has 0 atom stereocenters. The lowest BCUT2D eigenvalue weighted by Gasteiger charge is -2.27. The van der Waals surface area contributed by atoms with Crippen LogP contribution in [0.25, 0.3) is 0 Å². The third-order valence-corrected chi connectivity index (χ3v) is 4.90. The minimum absolute atomic E-state index is 0. The molecule has 0 aliphatic heterocycles. The van der Waals surface area contributed by atoms with Crippen LogP contribution in [0.2, 0.25) is 0 Å². The Bertz CT molecular complexity index is 311. The van der Waals surface area contributed by atoms with E-state index in [0.717, 1.165) is 12.8 Å². The molecule has 6 heteroatoms. The van der Waals surface area contributed by atoms with Crippen molar-refractivity contribution >= 4 is 22.4 Å². The van der Waals surface area contributed by atoms with E-state index in [4.69, 9.17) is 5.73 Å². The molecule has 4 nitrogen and oxygen atoms in total. The molecule has 0 amide bonds. The zero-order valence-corrected chi connectivity index (χ0v) is 12.4. The summed E-state index contributed by atoms with van der Waals surface area (Å²) in [4.78, 5) is 0. The second kappa shape index (κ2) is 6.92. The molecule has 1 fully saturated rings. The second-order valence-electron chi connectivity index (χ2n) is 5.48. The van der Waals surface area contributed by atoms with Crippen molar-refractivity contribution in [2.24, 2.45) is 11.7 Å². The maximum Gasteiger partial charge on any atom is 0.212 e. The van der Waals surface area contributed by atoms with Crippen LogP contribution in [0.5, 0.6) is 0 Å². The van der Waals surface area contributed by atoms with E-state index in [2.05, 4.69) is 4.72 Å². The fourth-order valence-electron chi connectivity index (χ4n) is 2.17. The summed E-state index contributed by atoms with van der Waals surface area (Å²) in [7, 11) is -3.18. The highest BCUT2D eigenvalue weighted by Crippen LogP contribution is 2.24. The van der Waals surface area contributed by atoms with Crippen molar-refractivity contribution in [3.05, 3.63) is 0 Å². The van der Waals surface area contributed by atoms with Crippen LogP contribution in [-0.4, -0.2) is 26.3 Å². The molecule has 0 saturated heterocycles. The van der Waals surface area contributed by atoms with Crippen LogP contribution >= 0.6 is 12.4 Å². The maximum atomic E-state index is 11.9. The highest BCUT2D eigenvalue weighted by molar-refractivity contribution is 7.89. The van der Waals surface area contributed by atoms with Crippen molar-refractivity contribution in [2.75, 3.05) is 12.3 Å². The average Bonchev–Trinajstić information content (AvgIpc) is 2.17. The molecule has 0 radical (unpaired) electrons. The van der Waals surface area contributed by atoms with Gasteiger partial charge in [-0.15, -0.1) is 12.4 Å². The van der Waals surface area contributed by atoms with Gasteiger partial charge < -0.3 is 5.73 Å². The summed E-state index contributed by atoms with van der Waals surface area (Å²) >= 11 is 0. The average molecular weight is 285 g/mol. The van der Waals surface area contributed by atoms with Gasteiger partial charge in [-0.3, -0.25) is 0 Å².